The third-order valence-electron chi connectivity index (χ3n) is 3.49. The fourth-order valence-corrected chi connectivity index (χ4v) is 3.36. The summed E-state index contributed by atoms with van der Waals surface area (Å²) in [7, 11) is 0. The van der Waals surface area contributed by atoms with Crippen LogP contribution in [0.15, 0.2) is 23.1 Å². The molecule has 2 rings (SSSR count). The fraction of sp³-hybridized carbons (Fsp3) is 0.571. The molecule has 1 aliphatic rings. The third-order valence-corrected chi connectivity index (χ3v) is 4.63. The quantitative estimate of drug-likeness (QED) is 0.636. The predicted molar refractivity (Wildman–Crippen MR) is 74.1 cm³/mol. The number of benzene rings is 1. The SMILES string of the molecule is Nc1ccc(SCC(O)CC2CCCC2)cc1F. The van der Waals surface area contributed by atoms with Gasteiger partial charge in [-0.05, 0) is 30.5 Å². The maximum Gasteiger partial charge on any atom is 0.147 e. The molecular weight excluding hydrogens is 249 g/mol. The van der Waals surface area contributed by atoms with Crippen molar-refractivity contribution in [3.63, 3.8) is 0 Å². The molecule has 1 aromatic carbocycles. The highest BCUT2D eigenvalue weighted by molar-refractivity contribution is 7.99. The second-order valence-corrected chi connectivity index (χ2v) is 6.13. The molecule has 0 amide bonds. The second-order valence-electron chi connectivity index (χ2n) is 5.03. The fourth-order valence-electron chi connectivity index (χ4n) is 2.49. The Morgan fingerprint density at radius 3 is 2.78 bits per heavy atom. The van der Waals surface area contributed by atoms with Gasteiger partial charge in [0.05, 0.1) is 11.8 Å². The minimum absolute atomic E-state index is 0.172. The van der Waals surface area contributed by atoms with E-state index in [1.165, 1.54) is 43.5 Å². The molecule has 0 aliphatic heterocycles. The van der Waals surface area contributed by atoms with E-state index in [1.807, 2.05) is 0 Å². The van der Waals surface area contributed by atoms with Crippen molar-refractivity contribution >= 4 is 17.4 Å². The number of nitrogens with two attached hydrogens (primary N) is 1. The summed E-state index contributed by atoms with van der Waals surface area (Å²) in [4.78, 5) is 0.826. The zero-order valence-corrected chi connectivity index (χ0v) is 11.3. The molecule has 1 aromatic rings. The van der Waals surface area contributed by atoms with Crippen molar-refractivity contribution in [2.24, 2.45) is 5.92 Å². The van der Waals surface area contributed by atoms with Gasteiger partial charge < -0.3 is 10.8 Å². The van der Waals surface area contributed by atoms with E-state index in [0.717, 1.165) is 11.3 Å². The molecule has 1 saturated carbocycles. The number of anilines is 1. The van der Waals surface area contributed by atoms with Gasteiger partial charge in [-0.1, -0.05) is 25.7 Å². The Hall–Kier alpha value is -0.740. The van der Waals surface area contributed by atoms with Crippen LogP contribution >= 0.6 is 11.8 Å². The summed E-state index contributed by atoms with van der Waals surface area (Å²) >= 11 is 1.49. The summed E-state index contributed by atoms with van der Waals surface area (Å²) in [6.07, 6.45) is 5.68. The van der Waals surface area contributed by atoms with Crippen LogP contribution < -0.4 is 5.73 Å². The zero-order valence-electron chi connectivity index (χ0n) is 10.4. The number of hydrogen-bond acceptors (Lipinski definition) is 3. The number of nitrogen functional groups attached to an aromatic ring is 1. The van der Waals surface area contributed by atoms with E-state index in [9.17, 15) is 9.50 Å². The van der Waals surface area contributed by atoms with E-state index in [4.69, 9.17) is 5.73 Å². The Labute approximate surface area is 112 Å². The Morgan fingerprint density at radius 1 is 1.39 bits per heavy atom. The first kappa shape index (κ1) is 13.7. The number of rotatable bonds is 5. The summed E-state index contributed by atoms with van der Waals surface area (Å²) in [5.41, 5.74) is 5.59. The molecule has 0 aromatic heterocycles. The minimum Gasteiger partial charge on any atom is -0.396 e. The van der Waals surface area contributed by atoms with Crippen molar-refractivity contribution in [2.75, 3.05) is 11.5 Å². The lowest BCUT2D eigenvalue weighted by atomic mass is 10.0. The molecule has 0 spiro atoms. The van der Waals surface area contributed by atoms with Gasteiger partial charge in [0.15, 0.2) is 0 Å². The van der Waals surface area contributed by atoms with Gasteiger partial charge >= 0.3 is 0 Å². The van der Waals surface area contributed by atoms with Crippen LogP contribution in [0.1, 0.15) is 32.1 Å². The monoisotopic (exact) mass is 269 g/mol. The van der Waals surface area contributed by atoms with Crippen LogP contribution in [0.3, 0.4) is 0 Å². The van der Waals surface area contributed by atoms with Gasteiger partial charge in [0.1, 0.15) is 5.82 Å². The first-order valence-corrected chi connectivity index (χ1v) is 7.49. The van der Waals surface area contributed by atoms with Gasteiger partial charge in [0.25, 0.3) is 0 Å². The van der Waals surface area contributed by atoms with E-state index in [0.29, 0.717) is 11.7 Å². The summed E-state index contributed by atoms with van der Waals surface area (Å²) in [5, 5.41) is 9.96. The van der Waals surface area contributed by atoms with Crippen LogP contribution in [-0.2, 0) is 0 Å². The van der Waals surface area contributed by atoms with Crippen molar-refractivity contribution in [1.29, 1.82) is 0 Å². The van der Waals surface area contributed by atoms with Gasteiger partial charge in [-0.15, -0.1) is 11.8 Å². The summed E-state index contributed by atoms with van der Waals surface area (Å²) in [6.45, 7) is 0. The van der Waals surface area contributed by atoms with Crippen LogP contribution in [0.25, 0.3) is 0 Å². The molecule has 1 unspecified atom stereocenters. The van der Waals surface area contributed by atoms with Crippen molar-refractivity contribution < 1.29 is 9.50 Å². The van der Waals surface area contributed by atoms with Crippen LogP contribution in [0.5, 0.6) is 0 Å². The normalized spacial score (nSPS) is 18.1. The summed E-state index contributed by atoms with van der Waals surface area (Å²) in [5.74, 6) is 0.925. The van der Waals surface area contributed by atoms with Crippen LogP contribution in [0.4, 0.5) is 10.1 Å². The topological polar surface area (TPSA) is 46.2 Å². The standard InChI is InChI=1S/C14H20FNOS/c15-13-8-12(5-6-14(13)16)18-9-11(17)7-10-3-1-2-4-10/h5-6,8,10-11,17H,1-4,7,9,16H2. The van der Waals surface area contributed by atoms with Gasteiger partial charge in [-0.2, -0.15) is 0 Å². The molecule has 1 atom stereocenters. The van der Waals surface area contributed by atoms with Crippen molar-refractivity contribution in [3.05, 3.63) is 24.0 Å². The Balaban J connectivity index is 1.77. The van der Waals surface area contributed by atoms with Gasteiger partial charge in [-0.3, -0.25) is 0 Å². The van der Waals surface area contributed by atoms with Crippen LogP contribution in [0, 0.1) is 11.7 Å². The number of aliphatic hydroxyl groups excluding tert-OH is 1. The molecule has 0 saturated heterocycles. The Kier molecular flexibility index (Phi) is 4.89. The van der Waals surface area contributed by atoms with E-state index in [2.05, 4.69) is 0 Å². The predicted octanol–water partition coefficient (Wildman–Crippen LogP) is 3.44. The number of halogens is 1. The molecule has 3 N–H and O–H groups in total. The lowest BCUT2D eigenvalue weighted by Gasteiger charge is -2.15. The molecule has 2 nitrogen and oxygen atoms in total. The smallest absolute Gasteiger partial charge is 0.147 e. The highest BCUT2D eigenvalue weighted by Gasteiger charge is 2.18. The maximum atomic E-state index is 13.2. The number of aliphatic hydroxyl groups is 1. The second kappa shape index (κ2) is 6.43. The molecule has 4 heteroatoms. The Morgan fingerprint density at radius 2 is 2.11 bits per heavy atom. The van der Waals surface area contributed by atoms with Gasteiger partial charge in [0.2, 0.25) is 0 Å². The lowest BCUT2D eigenvalue weighted by molar-refractivity contribution is 0.166. The van der Waals surface area contributed by atoms with E-state index in [-0.39, 0.29) is 17.6 Å². The van der Waals surface area contributed by atoms with E-state index in [1.54, 1.807) is 12.1 Å². The van der Waals surface area contributed by atoms with E-state index >= 15 is 0 Å². The average Bonchev–Trinajstić information content (AvgIpc) is 2.83. The summed E-state index contributed by atoms with van der Waals surface area (Å²) in [6, 6.07) is 4.80. The van der Waals surface area contributed by atoms with Crippen molar-refractivity contribution in [3.8, 4) is 0 Å². The molecule has 1 aliphatic carbocycles. The van der Waals surface area contributed by atoms with Crippen molar-refractivity contribution in [1.82, 2.24) is 0 Å². The number of hydrogen-bond donors (Lipinski definition) is 2. The van der Waals surface area contributed by atoms with Gasteiger partial charge in [-0.25, -0.2) is 4.39 Å². The molecular formula is C14H20FNOS. The largest absolute Gasteiger partial charge is 0.396 e. The van der Waals surface area contributed by atoms with Crippen LogP contribution in [-0.4, -0.2) is 17.0 Å². The molecule has 0 radical (unpaired) electrons. The highest BCUT2D eigenvalue weighted by atomic mass is 32.2. The molecule has 0 heterocycles. The van der Waals surface area contributed by atoms with E-state index < -0.39 is 0 Å². The van der Waals surface area contributed by atoms with Crippen molar-refractivity contribution in [2.45, 2.75) is 43.1 Å². The zero-order chi connectivity index (χ0) is 13.0. The number of thioether (sulfide) groups is 1. The lowest BCUT2D eigenvalue weighted by Crippen LogP contribution is -2.14. The van der Waals surface area contributed by atoms with Crippen LogP contribution in [0.2, 0.25) is 0 Å². The molecule has 100 valence electrons. The minimum atomic E-state index is -0.384. The Bertz CT molecular complexity index is 393. The molecule has 0 bridgehead atoms. The highest BCUT2D eigenvalue weighted by Crippen LogP contribution is 2.30. The molecule has 1 fully saturated rings. The summed E-state index contributed by atoms with van der Waals surface area (Å²) < 4.78 is 13.2. The first-order chi connectivity index (χ1) is 8.65. The third kappa shape index (κ3) is 3.89. The maximum absolute atomic E-state index is 13.2. The molecule has 18 heavy (non-hydrogen) atoms. The first-order valence-electron chi connectivity index (χ1n) is 6.51. The van der Waals surface area contributed by atoms with Gasteiger partial charge in [0, 0.05) is 10.6 Å². The average molecular weight is 269 g/mol.